The maximum absolute atomic E-state index is 12.0. The predicted molar refractivity (Wildman–Crippen MR) is 87.6 cm³/mol. The second kappa shape index (κ2) is 6.89. The van der Waals surface area contributed by atoms with Crippen LogP contribution in [0.25, 0.3) is 0 Å². The van der Waals surface area contributed by atoms with Crippen LogP contribution in [-0.2, 0) is 16.1 Å². The molecule has 2 N–H and O–H groups in total. The van der Waals surface area contributed by atoms with Gasteiger partial charge in [0, 0.05) is 12.2 Å². The minimum atomic E-state index is -0.651. The number of benzene rings is 2. The highest BCUT2D eigenvalue weighted by molar-refractivity contribution is 6.39. The lowest BCUT2D eigenvalue weighted by molar-refractivity contribution is -0.136. The second-order valence-corrected chi connectivity index (χ2v) is 5.38. The molecule has 0 unspecified atom stereocenters. The van der Waals surface area contributed by atoms with Gasteiger partial charge in [0.2, 0.25) is 0 Å². The fourth-order valence-electron chi connectivity index (χ4n) is 2.11. The standard InChI is InChI=1S/C18H20N2O2/c1-12-8-9-14(3)16(10-12)20-18(22)17(21)19-11-15-7-5-4-6-13(15)2/h4-10H,11H2,1-3H3,(H,19,21)(H,20,22). The lowest BCUT2D eigenvalue weighted by Crippen LogP contribution is -2.35. The van der Waals surface area contributed by atoms with Crippen LogP contribution in [0.4, 0.5) is 5.69 Å². The molecule has 0 aliphatic heterocycles. The number of aryl methyl sites for hydroxylation is 3. The largest absolute Gasteiger partial charge is 0.344 e. The summed E-state index contributed by atoms with van der Waals surface area (Å²) in [4.78, 5) is 23.9. The zero-order valence-corrected chi connectivity index (χ0v) is 13.1. The minimum absolute atomic E-state index is 0.339. The van der Waals surface area contributed by atoms with Gasteiger partial charge in [0.15, 0.2) is 0 Å². The molecular formula is C18H20N2O2. The first-order valence-corrected chi connectivity index (χ1v) is 7.18. The van der Waals surface area contributed by atoms with Gasteiger partial charge in [-0.15, -0.1) is 0 Å². The Bertz CT molecular complexity index is 708. The summed E-state index contributed by atoms with van der Waals surface area (Å²) < 4.78 is 0. The highest BCUT2D eigenvalue weighted by Crippen LogP contribution is 2.16. The van der Waals surface area contributed by atoms with E-state index < -0.39 is 11.8 Å². The molecule has 2 amide bonds. The number of hydrogen-bond donors (Lipinski definition) is 2. The van der Waals surface area contributed by atoms with Gasteiger partial charge in [0.25, 0.3) is 0 Å². The van der Waals surface area contributed by atoms with Crippen LogP contribution in [0.3, 0.4) is 0 Å². The normalized spacial score (nSPS) is 10.1. The molecule has 0 fully saturated rings. The number of anilines is 1. The van der Waals surface area contributed by atoms with E-state index in [0.717, 1.165) is 22.3 Å². The van der Waals surface area contributed by atoms with Crippen molar-refractivity contribution in [3.05, 3.63) is 64.7 Å². The Balaban J connectivity index is 1.97. The first kappa shape index (κ1) is 15.8. The van der Waals surface area contributed by atoms with Crippen molar-refractivity contribution in [3.8, 4) is 0 Å². The molecule has 0 atom stereocenters. The third-order valence-corrected chi connectivity index (χ3v) is 3.55. The zero-order chi connectivity index (χ0) is 16.1. The highest BCUT2D eigenvalue weighted by Gasteiger charge is 2.14. The lowest BCUT2D eigenvalue weighted by Gasteiger charge is -2.10. The van der Waals surface area contributed by atoms with Gasteiger partial charge < -0.3 is 10.6 Å². The number of rotatable bonds is 3. The summed E-state index contributed by atoms with van der Waals surface area (Å²) in [6.45, 7) is 6.14. The molecule has 2 aromatic carbocycles. The molecule has 0 aliphatic rings. The molecule has 0 heterocycles. The Morgan fingerprint density at radius 3 is 2.36 bits per heavy atom. The van der Waals surface area contributed by atoms with Crippen LogP contribution in [0.2, 0.25) is 0 Å². The Morgan fingerprint density at radius 2 is 1.64 bits per heavy atom. The fourth-order valence-corrected chi connectivity index (χ4v) is 2.11. The SMILES string of the molecule is Cc1ccc(C)c(NC(=O)C(=O)NCc2ccccc2C)c1. The van der Waals surface area contributed by atoms with E-state index in [9.17, 15) is 9.59 Å². The van der Waals surface area contributed by atoms with Gasteiger partial charge in [-0.1, -0.05) is 36.4 Å². The smallest absolute Gasteiger partial charge is 0.313 e. The maximum atomic E-state index is 12.0. The quantitative estimate of drug-likeness (QED) is 0.856. The van der Waals surface area contributed by atoms with E-state index >= 15 is 0 Å². The topological polar surface area (TPSA) is 58.2 Å². The number of carbonyl (C=O) groups is 2. The number of carbonyl (C=O) groups excluding carboxylic acids is 2. The van der Waals surface area contributed by atoms with Gasteiger partial charge in [-0.25, -0.2) is 0 Å². The molecule has 4 heteroatoms. The lowest BCUT2D eigenvalue weighted by atomic mass is 10.1. The summed E-state index contributed by atoms with van der Waals surface area (Å²) in [6.07, 6.45) is 0. The average Bonchev–Trinajstić information content (AvgIpc) is 2.49. The molecule has 22 heavy (non-hydrogen) atoms. The van der Waals surface area contributed by atoms with Crippen molar-refractivity contribution in [2.24, 2.45) is 0 Å². The van der Waals surface area contributed by atoms with Crippen molar-refractivity contribution in [1.29, 1.82) is 0 Å². The summed E-state index contributed by atoms with van der Waals surface area (Å²) in [5.41, 5.74) is 4.69. The van der Waals surface area contributed by atoms with Gasteiger partial charge >= 0.3 is 11.8 Å². The van der Waals surface area contributed by atoms with Crippen LogP contribution >= 0.6 is 0 Å². The van der Waals surface area contributed by atoms with Crippen molar-refractivity contribution in [3.63, 3.8) is 0 Å². The Morgan fingerprint density at radius 1 is 0.909 bits per heavy atom. The summed E-state index contributed by atoms with van der Waals surface area (Å²) in [5.74, 6) is -1.29. The molecule has 4 nitrogen and oxygen atoms in total. The van der Waals surface area contributed by atoms with Crippen LogP contribution in [0.1, 0.15) is 22.3 Å². The highest BCUT2D eigenvalue weighted by atomic mass is 16.2. The molecule has 0 spiro atoms. The Kier molecular flexibility index (Phi) is 4.94. The zero-order valence-electron chi connectivity index (χ0n) is 13.1. The summed E-state index contributed by atoms with van der Waals surface area (Å²) in [5, 5.41) is 5.29. The number of amides is 2. The van der Waals surface area contributed by atoms with Crippen molar-refractivity contribution in [1.82, 2.24) is 5.32 Å². The predicted octanol–water partition coefficient (Wildman–Crippen LogP) is 2.87. The van der Waals surface area contributed by atoms with Gasteiger partial charge in [-0.2, -0.15) is 0 Å². The van der Waals surface area contributed by atoms with E-state index in [-0.39, 0.29) is 0 Å². The maximum Gasteiger partial charge on any atom is 0.313 e. The van der Waals surface area contributed by atoms with Gasteiger partial charge in [0.1, 0.15) is 0 Å². The van der Waals surface area contributed by atoms with Crippen LogP contribution < -0.4 is 10.6 Å². The average molecular weight is 296 g/mol. The van der Waals surface area contributed by atoms with Crippen LogP contribution in [0.15, 0.2) is 42.5 Å². The minimum Gasteiger partial charge on any atom is -0.344 e. The van der Waals surface area contributed by atoms with Crippen LogP contribution in [-0.4, -0.2) is 11.8 Å². The molecule has 0 bridgehead atoms. The Hall–Kier alpha value is -2.62. The molecule has 2 aromatic rings. The first-order chi connectivity index (χ1) is 10.5. The van der Waals surface area contributed by atoms with Gasteiger partial charge in [-0.05, 0) is 49.1 Å². The first-order valence-electron chi connectivity index (χ1n) is 7.18. The summed E-state index contributed by atoms with van der Waals surface area (Å²) >= 11 is 0. The van der Waals surface area contributed by atoms with Crippen molar-refractivity contribution < 1.29 is 9.59 Å². The van der Waals surface area contributed by atoms with Crippen molar-refractivity contribution >= 4 is 17.5 Å². The second-order valence-electron chi connectivity index (χ2n) is 5.38. The van der Waals surface area contributed by atoms with Gasteiger partial charge in [0.05, 0.1) is 0 Å². The van der Waals surface area contributed by atoms with Crippen LogP contribution in [0.5, 0.6) is 0 Å². The van der Waals surface area contributed by atoms with Crippen molar-refractivity contribution in [2.75, 3.05) is 5.32 Å². The molecule has 0 saturated carbocycles. The Labute approximate surface area is 130 Å². The summed E-state index contributed by atoms with van der Waals surface area (Å²) in [6, 6.07) is 13.5. The molecule has 0 aliphatic carbocycles. The van der Waals surface area contributed by atoms with Crippen molar-refractivity contribution in [2.45, 2.75) is 27.3 Å². The third kappa shape index (κ3) is 3.95. The van der Waals surface area contributed by atoms with E-state index in [4.69, 9.17) is 0 Å². The van der Waals surface area contributed by atoms with E-state index in [1.807, 2.05) is 63.2 Å². The van der Waals surface area contributed by atoms with E-state index in [0.29, 0.717) is 12.2 Å². The van der Waals surface area contributed by atoms with E-state index in [1.165, 1.54) is 0 Å². The summed E-state index contributed by atoms with van der Waals surface area (Å²) in [7, 11) is 0. The van der Waals surface area contributed by atoms with E-state index in [1.54, 1.807) is 0 Å². The monoisotopic (exact) mass is 296 g/mol. The molecule has 114 valence electrons. The molecule has 0 radical (unpaired) electrons. The van der Waals surface area contributed by atoms with E-state index in [2.05, 4.69) is 10.6 Å². The fraction of sp³-hybridized carbons (Fsp3) is 0.222. The number of nitrogens with one attached hydrogen (secondary N) is 2. The molecule has 2 rings (SSSR count). The number of hydrogen-bond acceptors (Lipinski definition) is 2. The molecular weight excluding hydrogens is 276 g/mol. The third-order valence-electron chi connectivity index (χ3n) is 3.55. The molecule has 0 aromatic heterocycles. The molecule has 0 saturated heterocycles. The van der Waals surface area contributed by atoms with Crippen LogP contribution in [0, 0.1) is 20.8 Å². The van der Waals surface area contributed by atoms with Gasteiger partial charge in [-0.3, -0.25) is 9.59 Å².